The number of aliphatic hydroxyl groups excluding tert-OH is 1. The molecule has 0 bridgehead atoms. The lowest BCUT2D eigenvalue weighted by Crippen LogP contribution is -2.53. The zero-order valence-electron chi connectivity index (χ0n) is 11.1. The van der Waals surface area contributed by atoms with Crippen LogP contribution < -0.4 is 0 Å². The normalized spacial score (nSPS) is 37.8. The van der Waals surface area contributed by atoms with E-state index in [1.165, 1.54) is 0 Å². The van der Waals surface area contributed by atoms with Crippen LogP contribution in [0.2, 0.25) is 0 Å². The molecule has 18 heavy (non-hydrogen) atoms. The Morgan fingerprint density at radius 1 is 1.11 bits per heavy atom. The third-order valence-corrected chi connectivity index (χ3v) is 4.82. The Morgan fingerprint density at radius 2 is 1.94 bits per heavy atom. The standard InChI is InChI=1S/C14H25NO3/c16-13-2-1-6-15(11-13)12-3-7-18-14(10-12)4-8-17-9-5-14/h12-13,16H,1-11H2. The van der Waals surface area contributed by atoms with E-state index in [0.717, 1.165) is 71.4 Å². The molecule has 3 aliphatic heterocycles. The first kappa shape index (κ1) is 12.9. The third-order valence-electron chi connectivity index (χ3n) is 4.82. The number of ether oxygens (including phenoxy) is 2. The van der Waals surface area contributed by atoms with Crippen molar-refractivity contribution in [3.63, 3.8) is 0 Å². The second-order valence-corrected chi connectivity index (χ2v) is 6.08. The van der Waals surface area contributed by atoms with E-state index >= 15 is 0 Å². The zero-order chi connectivity index (χ0) is 12.4. The van der Waals surface area contributed by atoms with Crippen LogP contribution in [0.4, 0.5) is 0 Å². The summed E-state index contributed by atoms with van der Waals surface area (Å²) in [4.78, 5) is 2.49. The summed E-state index contributed by atoms with van der Waals surface area (Å²) in [6.07, 6.45) is 6.32. The molecule has 3 saturated heterocycles. The molecule has 4 heteroatoms. The van der Waals surface area contributed by atoms with Gasteiger partial charge in [0.15, 0.2) is 0 Å². The molecule has 2 unspecified atom stereocenters. The smallest absolute Gasteiger partial charge is 0.0741 e. The lowest BCUT2D eigenvalue weighted by molar-refractivity contribution is -0.154. The summed E-state index contributed by atoms with van der Waals surface area (Å²) in [6, 6.07) is 0.604. The molecule has 4 nitrogen and oxygen atoms in total. The molecule has 3 fully saturated rings. The van der Waals surface area contributed by atoms with E-state index in [9.17, 15) is 5.11 Å². The average molecular weight is 255 g/mol. The predicted molar refractivity (Wildman–Crippen MR) is 68.6 cm³/mol. The van der Waals surface area contributed by atoms with Crippen molar-refractivity contribution in [2.45, 2.75) is 56.3 Å². The molecular formula is C14H25NO3. The fourth-order valence-corrected chi connectivity index (χ4v) is 3.72. The summed E-state index contributed by atoms with van der Waals surface area (Å²) in [7, 11) is 0. The molecule has 0 amide bonds. The van der Waals surface area contributed by atoms with Gasteiger partial charge in [0.25, 0.3) is 0 Å². The van der Waals surface area contributed by atoms with Gasteiger partial charge >= 0.3 is 0 Å². The minimum absolute atomic E-state index is 0.0730. The van der Waals surface area contributed by atoms with Crippen molar-refractivity contribution in [2.24, 2.45) is 0 Å². The van der Waals surface area contributed by atoms with Crippen LogP contribution in [0.5, 0.6) is 0 Å². The summed E-state index contributed by atoms with van der Waals surface area (Å²) in [6.45, 7) is 4.56. The van der Waals surface area contributed by atoms with E-state index in [1.807, 2.05) is 0 Å². The van der Waals surface area contributed by atoms with Crippen molar-refractivity contribution >= 4 is 0 Å². The van der Waals surface area contributed by atoms with Crippen LogP contribution in [0, 0.1) is 0 Å². The largest absolute Gasteiger partial charge is 0.392 e. The first-order valence-corrected chi connectivity index (χ1v) is 7.41. The Balaban J connectivity index is 1.62. The Labute approximate surface area is 109 Å². The molecule has 2 atom stereocenters. The van der Waals surface area contributed by atoms with Crippen LogP contribution >= 0.6 is 0 Å². The second-order valence-electron chi connectivity index (χ2n) is 6.08. The van der Waals surface area contributed by atoms with Gasteiger partial charge in [-0.15, -0.1) is 0 Å². The predicted octanol–water partition coefficient (Wildman–Crippen LogP) is 1.17. The topological polar surface area (TPSA) is 41.9 Å². The maximum atomic E-state index is 9.82. The molecule has 0 aromatic rings. The van der Waals surface area contributed by atoms with Crippen LogP contribution in [0.25, 0.3) is 0 Å². The van der Waals surface area contributed by atoms with Crippen molar-refractivity contribution in [1.29, 1.82) is 0 Å². The van der Waals surface area contributed by atoms with Gasteiger partial charge in [-0.05, 0) is 45.1 Å². The van der Waals surface area contributed by atoms with Crippen LogP contribution in [0.3, 0.4) is 0 Å². The molecular weight excluding hydrogens is 230 g/mol. The number of aliphatic hydroxyl groups is 1. The Bertz CT molecular complexity index is 273. The zero-order valence-corrected chi connectivity index (χ0v) is 11.1. The van der Waals surface area contributed by atoms with E-state index < -0.39 is 0 Å². The lowest BCUT2D eigenvalue weighted by Gasteiger charge is -2.47. The molecule has 0 aromatic carbocycles. The number of β-amino-alcohol motifs (C(OH)–C–C–N with tert-alkyl or cyclic N) is 1. The number of rotatable bonds is 1. The summed E-state index contributed by atoms with van der Waals surface area (Å²) >= 11 is 0. The number of nitrogens with zero attached hydrogens (tertiary/aromatic N) is 1. The van der Waals surface area contributed by atoms with Crippen molar-refractivity contribution in [3.05, 3.63) is 0 Å². The van der Waals surface area contributed by atoms with Gasteiger partial charge in [0.1, 0.15) is 0 Å². The SMILES string of the molecule is OC1CCCN(C2CCOC3(CCOCC3)C2)C1. The highest BCUT2D eigenvalue weighted by Gasteiger charge is 2.41. The van der Waals surface area contributed by atoms with Gasteiger partial charge in [-0.3, -0.25) is 4.90 Å². The Kier molecular flexibility index (Phi) is 3.89. The van der Waals surface area contributed by atoms with Crippen molar-refractivity contribution in [3.8, 4) is 0 Å². The molecule has 0 aliphatic carbocycles. The number of piperidine rings is 1. The lowest BCUT2D eigenvalue weighted by atomic mass is 9.83. The maximum Gasteiger partial charge on any atom is 0.0741 e. The summed E-state index contributed by atoms with van der Waals surface area (Å²) in [5.74, 6) is 0. The molecule has 104 valence electrons. The summed E-state index contributed by atoms with van der Waals surface area (Å²) in [5, 5.41) is 9.82. The Morgan fingerprint density at radius 3 is 2.72 bits per heavy atom. The van der Waals surface area contributed by atoms with Crippen LogP contribution in [0.1, 0.15) is 38.5 Å². The Hall–Kier alpha value is -0.160. The number of hydrogen-bond donors (Lipinski definition) is 1. The van der Waals surface area contributed by atoms with Gasteiger partial charge < -0.3 is 14.6 Å². The van der Waals surface area contributed by atoms with E-state index in [4.69, 9.17) is 9.47 Å². The second kappa shape index (κ2) is 5.45. The molecule has 0 radical (unpaired) electrons. The monoisotopic (exact) mass is 255 g/mol. The van der Waals surface area contributed by atoms with Gasteiger partial charge in [0, 0.05) is 32.4 Å². The maximum absolute atomic E-state index is 9.82. The van der Waals surface area contributed by atoms with E-state index in [-0.39, 0.29) is 11.7 Å². The highest BCUT2D eigenvalue weighted by atomic mass is 16.5. The fraction of sp³-hybridized carbons (Fsp3) is 1.00. The minimum atomic E-state index is -0.118. The third kappa shape index (κ3) is 2.72. The summed E-state index contributed by atoms with van der Waals surface area (Å²) in [5.41, 5.74) is 0.0730. The first-order valence-electron chi connectivity index (χ1n) is 7.41. The van der Waals surface area contributed by atoms with E-state index in [2.05, 4.69) is 4.90 Å². The van der Waals surface area contributed by atoms with Crippen LogP contribution in [-0.2, 0) is 9.47 Å². The minimum Gasteiger partial charge on any atom is -0.392 e. The fourth-order valence-electron chi connectivity index (χ4n) is 3.72. The summed E-state index contributed by atoms with van der Waals surface area (Å²) < 4.78 is 11.5. The van der Waals surface area contributed by atoms with Gasteiger partial charge in [-0.2, -0.15) is 0 Å². The van der Waals surface area contributed by atoms with Gasteiger partial charge in [0.05, 0.1) is 11.7 Å². The molecule has 1 spiro atoms. The first-order chi connectivity index (χ1) is 8.77. The van der Waals surface area contributed by atoms with Crippen LogP contribution in [0.15, 0.2) is 0 Å². The van der Waals surface area contributed by atoms with Crippen LogP contribution in [-0.4, -0.2) is 60.7 Å². The van der Waals surface area contributed by atoms with E-state index in [0.29, 0.717) is 6.04 Å². The number of likely N-dealkylation sites (tertiary alicyclic amines) is 1. The van der Waals surface area contributed by atoms with Gasteiger partial charge in [-0.25, -0.2) is 0 Å². The highest BCUT2D eigenvalue weighted by molar-refractivity contribution is 4.93. The molecule has 3 heterocycles. The highest BCUT2D eigenvalue weighted by Crippen LogP contribution is 2.36. The van der Waals surface area contributed by atoms with Crippen molar-refractivity contribution in [2.75, 3.05) is 32.9 Å². The van der Waals surface area contributed by atoms with E-state index in [1.54, 1.807) is 0 Å². The number of hydrogen-bond acceptors (Lipinski definition) is 4. The molecule has 1 N–H and O–H groups in total. The molecule has 3 aliphatic rings. The quantitative estimate of drug-likeness (QED) is 0.764. The van der Waals surface area contributed by atoms with Gasteiger partial charge in [-0.1, -0.05) is 0 Å². The van der Waals surface area contributed by atoms with Crippen molar-refractivity contribution in [1.82, 2.24) is 4.90 Å². The molecule has 0 aromatic heterocycles. The average Bonchev–Trinajstić information content (AvgIpc) is 2.40. The molecule has 3 rings (SSSR count). The van der Waals surface area contributed by atoms with Crippen molar-refractivity contribution < 1.29 is 14.6 Å². The molecule has 0 saturated carbocycles. The van der Waals surface area contributed by atoms with Gasteiger partial charge in [0.2, 0.25) is 0 Å².